The number of rotatable bonds is 5. The molecule has 1 aromatic carbocycles. The Balaban J connectivity index is 2.02. The first-order valence-corrected chi connectivity index (χ1v) is 6.58. The number of methoxy groups -OCH3 is 1. The van der Waals surface area contributed by atoms with Crippen LogP contribution in [0.15, 0.2) is 24.3 Å². The minimum atomic E-state index is -0.388. The molecular weight excluding hydrogens is 228 g/mol. The van der Waals surface area contributed by atoms with Gasteiger partial charge in [0.1, 0.15) is 0 Å². The van der Waals surface area contributed by atoms with E-state index in [-0.39, 0.29) is 18.1 Å². The fourth-order valence-electron chi connectivity index (χ4n) is 2.50. The number of ether oxygens (including phenoxy) is 2. The summed E-state index contributed by atoms with van der Waals surface area (Å²) >= 11 is 0. The van der Waals surface area contributed by atoms with E-state index in [1.165, 1.54) is 11.1 Å². The van der Waals surface area contributed by atoms with Crippen molar-refractivity contribution in [2.45, 2.75) is 32.0 Å². The van der Waals surface area contributed by atoms with Gasteiger partial charge in [-0.25, -0.2) is 0 Å². The summed E-state index contributed by atoms with van der Waals surface area (Å²) in [6, 6.07) is 8.35. The third-order valence-electron chi connectivity index (χ3n) is 3.63. The molecule has 1 N–H and O–H groups in total. The van der Waals surface area contributed by atoms with Crippen molar-refractivity contribution in [2.24, 2.45) is 5.92 Å². The van der Waals surface area contributed by atoms with Crippen molar-refractivity contribution < 1.29 is 14.6 Å². The zero-order valence-electron chi connectivity index (χ0n) is 11.1. The van der Waals surface area contributed by atoms with E-state index in [9.17, 15) is 5.11 Å². The van der Waals surface area contributed by atoms with Crippen LogP contribution in [0.25, 0.3) is 0 Å². The van der Waals surface area contributed by atoms with Gasteiger partial charge in [0.05, 0.1) is 25.4 Å². The molecule has 1 aromatic rings. The molecule has 0 amide bonds. The minimum absolute atomic E-state index is 0.0178. The standard InChI is InChI=1S/C15H22O3/c1-11(10-17-2)14(16)9-15-13-6-4-3-5-12(13)7-8-18-15/h3-6,11,14-16H,7-10H2,1-2H3. The summed E-state index contributed by atoms with van der Waals surface area (Å²) in [5.41, 5.74) is 2.58. The molecule has 0 saturated heterocycles. The molecule has 1 aliphatic heterocycles. The summed E-state index contributed by atoms with van der Waals surface area (Å²) in [4.78, 5) is 0. The average Bonchev–Trinajstić information content (AvgIpc) is 2.39. The summed E-state index contributed by atoms with van der Waals surface area (Å²) < 4.78 is 10.9. The van der Waals surface area contributed by atoms with Crippen LogP contribution in [0.1, 0.15) is 30.6 Å². The van der Waals surface area contributed by atoms with Crippen molar-refractivity contribution in [3.63, 3.8) is 0 Å². The zero-order chi connectivity index (χ0) is 13.0. The first-order valence-electron chi connectivity index (χ1n) is 6.58. The van der Waals surface area contributed by atoms with Crippen LogP contribution in [0.4, 0.5) is 0 Å². The second kappa shape index (κ2) is 6.32. The van der Waals surface area contributed by atoms with Crippen LogP contribution in [0.3, 0.4) is 0 Å². The lowest BCUT2D eigenvalue weighted by molar-refractivity contribution is -0.0207. The molecule has 3 heteroatoms. The van der Waals surface area contributed by atoms with E-state index in [1.807, 2.05) is 13.0 Å². The smallest absolute Gasteiger partial charge is 0.0852 e. The van der Waals surface area contributed by atoms with Gasteiger partial charge in [-0.3, -0.25) is 0 Å². The molecule has 100 valence electrons. The van der Waals surface area contributed by atoms with Crippen LogP contribution in [-0.2, 0) is 15.9 Å². The molecule has 3 unspecified atom stereocenters. The fourth-order valence-corrected chi connectivity index (χ4v) is 2.50. The molecular formula is C15H22O3. The van der Waals surface area contributed by atoms with Crippen LogP contribution in [-0.4, -0.2) is 31.5 Å². The maximum atomic E-state index is 10.2. The highest BCUT2D eigenvalue weighted by atomic mass is 16.5. The number of hydrogen-bond acceptors (Lipinski definition) is 3. The van der Waals surface area contributed by atoms with Gasteiger partial charge in [-0.05, 0) is 17.5 Å². The van der Waals surface area contributed by atoms with Crippen molar-refractivity contribution >= 4 is 0 Å². The highest BCUT2D eigenvalue weighted by Crippen LogP contribution is 2.31. The second-order valence-corrected chi connectivity index (χ2v) is 5.04. The molecule has 1 aliphatic rings. The lowest BCUT2D eigenvalue weighted by atomic mass is 9.91. The number of aliphatic hydroxyl groups is 1. The Morgan fingerprint density at radius 1 is 1.44 bits per heavy atom. The fraction of sp³-hybridized carbons (Fsp3) is 0.600. The molecule has 2 rings (SSSR count). The Morgan fingerprint density at radius 3 is 3.00 bits per heavy atom. The molecule has 0 bridgehead atoms. The van der Waals surface area contributed by atoms with E-state index in [1.54, 1.807) is 7.11 Å². The minimum Gasteiger partial charge on any atom is -0.393 e. The summed E-state index contributed by atoms with van der Waals surface area (Å²) in [7, 11) is 1.66. The maximum Gasteiger partial charge on any atom is 0.0852 e. The van der Waals surface area contributed by atoms with Crippen LogP contribution >= 0.6 is 0 Å². The van der Waals surface area contributed by atoms with Gasteiger partial charge in [-0.2, -0.15) is 0 Å². The molecule has 0 fully saturated rings. The molecule has 18 heavy (non-hydrogen) atoms. The highest BCUT2D eigenvalue weighted by Gasteiger charge is 2.25. The van der Waals surface area contributed by atoms with Crippen LogP contribution in [0.5, 0.6) is 0 Å². The Labute approximate surface area is 109 Å². The monoisotopic (exact) mass is 250 g/mol. The first-order chi connectivity index (χ1) is 8.72. The summed E-state index contributed by atoms with van der Waals surface area (Å²) in [5, 5.41) is 10.2. The quantitative estimate of drug-likeness (QED) is 0.871. The number of hydrogen-bond donors (Lipinski definition) is 1. The molecule has 1 heterocycles. The summed E-state index contributed by atoms with van der Waals surface area (Å²) in [5.74, 6) is 0.132. The van der Waals surface area contributed by atoms with Gasteiger partial charge in [-0.1, -0.05) is 31.2 Å². The Kier molecular flexibility index (Phi) is 4.75. The maximum absolute atomic E-state index is 10.2. The van der Waals surface area contributed by atoms with E-state index in [2.05, 4.69) is 18.2 Å². The first kappa shape index (κ1) is 13.5. The van der Waals surface area contributed by atoms with Crippen molar-refractivity contribution in [2.75, 3.05) is 20.3 Å². The van der Waals surface area contributed by atoms with Crippen molar-refractivity contribution in [1.29, 1.82) is 0 Å². The van der Waals surface area contributed by atoms with Gasteiger partial charge in [0.15, 0.2) is 0 Å². The third-order valence-corrected chi connectivity index (χ3v) is 3.63. The number of benzene rings is 1. The second-order valence-electron chi connectivity index (χ2n) is 5.04. The number of aliphatic hydroxyl groups excluding tert-OH is 1. The molecule has 0 saturated carbocycles. The third kappa shape index (κ3) is 3.10. The molecule has 0 aromatic heterocycles. The Morgan fingerprint density at radius 2 is 2.22 bits per heavy atom. The van der Waals surface area contributed by atoms with Crippen molar-refractivity contribution in [3.05, 3.63) is 35.4 Å². The zero-order valence-corrected chi connectivity index (χ0v) is 11.1. The highest BCUT2D eigenvalue weighted by molar-refractivity contribution is 5.30. The van der Waals surface area contributed by atoms with Gasteiger partial charge in [0.25, 0.3) is 0 Å². The van der Waals surface area contributed by atoms with Crippen LogP contribution < -0.4 is 0 Å². The van der Waals surface area contributed by atoms with Gasteiger partial charge in [0, 0.05) is 19.4 Å². The largest absolute Gasteiger partial charge is 0.393 e. The molecule has 0 aliphatic carbocycles. The topological polar surface area (TPSA) is 38.7 Å². The van der Waals surface area contributed by atoms with E-state index in [0.29, 0.717) is 13.0 Å². The molecule has 3 atom stereocenters. The van der Waals surface area contributed by atoms with Crippen molar-refractivity contribution in [3.8, 4) is 0 Å². The van der Waals surface area contributed by atoms with Gasteiger partial charge < -0.3 is 14.6 Å². The van der Waals surface area contributed by atoms with E-state index < -0.39 is 0 Å². The lowest BCUT2D eigenvalue weighted by Gasteiger charge is -2.29. The average molecular weight is 250 g/mol. The summed E-state index contributed by atoms with van der Waals surface area (Å²) in [6.45, 7) is 3.32. The molecule has 0 radical (unpaired) electrons. The van der Waals surface area contributed by atoms with Crippen molar-refractivity contribution in [1.82, 2.24) is 0 Å². The predicted molar refractivity (Wildman–Crippen MR) is 70.5 cm³/mol. The van der Waals surface area contributed by atoms with E-state index >= 15 is 0 Å². The van der Waals surface area contributed by atoms with Gasteiger partial charge in [0.2, 0.25) is 0 Å². The Bertz CT molecular complexity index is 378. The normalized spacial score (nSPS) is 22.3. The van der Waals surface area contributed by atoms with E-state index in [0.717, 1.165) is 13.0 Å². The predicted octanol–water partition coefficient (Wildman–Crippen LogP) is 2.33. The molecule has 0 spiro atoms. The summed E-state index contributed by atoms with van der Waals surface area (Å²) in [6.07, 6.45) is 1.24. The number of fused-ring (bicyclic) bond motifs is 1. The van der Waals surface area contributed by atoms with E-state index in [4.69, 9.17) is 9.47 Å². The molecule has 3 nitrogen and oxygen atoms in total. The van der Waals surface area contributed by atoms with Crippen LogP contribution in [0, 0.1) is 5.92 Å². The SMILES string of the molecule is COCC(C)C(O)CC1OCCc2ccccc21. The van der Waals surface area contributed by atoms with Gasteiger partial charge >= 0.3 is 0 Å². The van der Waals surface area contributed by atoms with Gasteiger partial charge in [-0.15, -0.1) is 0 Å². The Hall–Kier alpha value is -0.900. The van der Waals surface area contributed by atoms with Crippen LogP contribution in [0.2, 0.25) is 0 Å². The lowest BCUT2D eigenvalue weighted by Crippen LogP contribution is -2.27.